The maximum Gasteiger partial charge on any atom is 0.318 e. The first-order valence-electron chi connectivity index (χ1n) is 5.98. The molecule has 19 heavy (non-hydrogen) atoms. The van der Waals surface area contributed by atoms with Crippen molar-refractivity contribution in [3.05, 3.63) is 34.3 Å². The van der Waals surface area contributed by atoms with Crippen LogP contribution in [0.3, 0.4) is 0 Å². The monoisotopic (exact) mass is 327 g/mol. The molecule has 0 bridgehead atoms. The van der Waals surface area contributed by atoms with Crippen molar-refractivity contribution >= 4 is 27.8 Å². The number of carboxylic acids is 1. The van der Waals surface area contributed by atoms with Crippen molar-refractivity contribution in [3.63, 3.8) is 0 Å². The smallest absolute Gasteiger partial charge is 0.318 e. The Labute approximate surface area is 121 Å². The van der Waals surface area contributed by atoms with Crippen molar-refractivity contribution in [2.75, 3.05) is 13.6 Å². The van der Waals surface area contributed by atoms with E-state index in [1.165, 1.54) is 18.7 Å². The summed E-state index contributed by atoms with van der Waals surface area (Å²) in [7, 11) is 1.63. The Bertz CT molecular complexity index is 485. The molecule has 104 valence electrons. The topological polar surface area (TPSA) is 57.6 Å². The van der Waals surface area contributed by atoms with Crippen molar-refractivity contribution < 1.29 is 14.7 Å². The van der Waals surface area contributed by atoms with Crippen LogP contribution in [0.2, 0.25) is 0 Å². The van der Waals surface area contributed by atoms with E-state index in [4.69, 9.17) is 5.11 Å². The van der Waals surface area contributed by atoms with E-state index in [1.807, 2.05) is 24.3 Å². The van der Waals surface area contributed by atoms with E-state index in [1.54, 1.807) is 7.05 Å². The van der Waals surface area contributed by atoms with E-state index < -0.39 is 11.4 Å². The number of rotatable bonds is 5. The molecule has 0 heterocycles. The molecule has 1 aromatic rings. The van der Waals surface area contributed by atoms with Gasteiger partial charge in [0.2, 0.25) is 5.91 Å². The molecule has 0 aromatic heterocycles. The Morgan fingerprint density at radius 2 is 2.00 bits per heavy atom. The standard InChI is InChI=1S/C14H18BrNO3/c1-14(2,13(18)19)12(17)16(3)8-7-10-5-4-6-11(15)9-10/h4-6,9H,7-8H2,1-3H3,(H,18,19). The average Bonchev–Trinajstić information content (AvgIpc) is 2.34. The molecule has 0 atom stereocenters. The van der Waals surface area contributed by atoms with Gasteiger partial charge >= 0.3 is 5.97 Å². The molecule has 0 radical (unpaired) electrons. The number of carboxylic acid groups (broad SMARTS) is 1. The van der Waals surface area contributed by atoms with Crippen LogP contribution in [-0.4, -0.2) is 35.5 Å². The Morgan fingerprint density at radius 3 is 2.53 bits per heavy atom. The van der Waals surface area contributed by atoms with Gasteiger partial charge in [-0.25, -0.2) is 0 Å². The second-order valence-electron chi connectivity index (χ2n) is 5.04. The van der Waals surface area contributed by atoms with Crippen molar-refractivity contribution in [1.29, 1.82) is 0 Å². The molecule has 1 rings (SSSR count). The van der Waals surface area contributed by atoms with Gasteiger partial charge in [0.05, 0.1) is 0 Å². The van der Waals surface area contributed by atoms with Gasteiger partial charge in [-0.05, 0) is 38.0 Å². The molecule has 0 unspecified atom stereocenters. The zero-order valence-electron chi connectivity index (χ0n) is 11.3. The first-order valence-corrected chi connectivity index (χ1v) is 6.78. The van der Waals surface area contributed by atoms with Crippen LogP contribution in [0.25, 0.3) is 0 Å². The van der Waals surface area contributed by atoms with Crippen LogP contribution in [0.15, 0.2) is 28.7 Å². The summed E-state index contributed by atoms with van der Waals surface area (Å²) in [6.07, 6.45) is 0.692. The van der Waals surface area contributed by atoms with E-state index in [9.17, 15) is 9.59 Å². The van der Waals surface area contributed by atoms with Crippen LogP contribution in [0.5, 0.6) is 0 Å². The van der Waals surface area contributed by atoms with E-state index in [0.717, 1.165) is 10.0 Å². The second-order valence-corrected chi connectivity index (χ2v) is 5.95. The third-order valence-electron chi connectivity index (χ3n) is 3.04. The zero-order valence-corrected chi connectivity index (χ0v) is 12.9. The molecule has 0 saturated heterocycles. The quantitative estimate of drug-likeness (QED) is 0.845. The molecule has 0 saturated carbocycles. The lowest BCUT2D eigenvalue weighted by atomic mass is 9.92. The summed E-state index contributed by atoms with van der Waals surface area (Å²) in [5, 5.41) is 9.03. The summed E-state index contributed by atoms with van der Waals surface area (Å²) < 4.78 is 0.991. The predicted octanol–water partition coefficient (Wildman–Crippen LogP) is 2.56. The van der Waals surface area contributed by atoms with Crippen molar-refractivity contribution in [1.82, 2.24) is 4.90 Å². The maximum absolute atomic E-state index is 12.0. The largest absolute Gasteiger partial charge is 0.480 e. The van der Waals surface area contributed by atoms with E-state index in [0.29, 0.717) is 13.0 Å². The summed E-state index contributed by atoms with van der Waals surface area (Å²) in [6, 6.07) is 7.83. The number of nitrogens with zero attached hydrogens (tertiary/aromatic N) is 1. The number of hydrogen-bond acceptors (Lipinski definition) is 2. The second kappa shape index (κ2) is 6.19. The summed E-state index contributed by atoms with van der Waals surface area (Å²) in [5.41, 5.74) is -0.284. The Morgan fingerprint density at radius 1 is 1.37 bits per heavy atom. The number of amides is 1. The van der Waals surface area contributed by atoms with Crippen LogP contribution < -0.4 is 0 Å². The number of carbonyl (C=O) groups is 2. The lowest BCUT2D eigenvalue weighted by molar-refractivity contribution is -0.157. The van der Waals surface area contributed by atoms with Crippen molar-refractivity contribution in [3.8, 4) is 0 Å². The fourth-order valence-corrected chi connectivity index (χ4v) is 2.11. The summed E-state index contributed by atoms with van der Waals surface area (Å²) in [6.45, 7) is 3.34. The predicted molar refractivity (Wildman–Crippen MR) is 76.9 cm³/mol. The van der Waals surface area contributed by atoms with Gasteiger partial charge in [0.25, 0.3) is 0 Å². The summed E-state index contributed by atoms with van der Waals surface area (Å²) in [4.78, 5) is 24.5. The molecule has 0 aliphatic carbocycles. The van der Waals surface area contributed by atoms with Gasteiger partial charge in [-0.3, -0.25) is 9.59 Å². The fraction of sp³-hybridized carbons (Fsp3) is 0.429. The number of carbonyl (C=O) groups excluding carboxylic acids is 1. The molecular weight excluding hydrogens is 310 g/mol. The highest BCUT2D eigenvalue weighted by Gasteiger charge is 2.37. The first-order chi connectivity index (χ1) is 8.75. The minimum absolute atomic E-state index is 0.380. The molecule has 0 fully saturated rings. The van der Waals surface area contributed by atoms with Crippen LogP contribution in [0.1, 0.15) is 19.4 Å². The fourth-order valence-electron chi connectivity index (χ4n) is 1.66. The van der Waals surface area contributed by atoms with E-state index >= 15 is 0 Å². The van der Waals surface area contributed by atoms with Crippen LogP contribution in [0.4, 0.5) is 0 Å². The number of benzene rings is 1. The van der Waals surface area contributed by atoms with Crippen molar-refractivity contribution in [2.45, 2.75) is 20.3 Å². The number of halogens is 1. The van der Waals surface area contributed by atoms with Gasteiger partial charge in [0, 0.05) is 18.1 Å². The highest BCUT2D eigenvalue weighted by molar-refractivity contribution is 9.10. The summed E-state index contributed by atoms with van der Waals surface area (Å²) >= 11 is 3.39. The Hall–Kier alpha value is -1.36. The molecular formula is C14H18BrNO3. The van der Waals surface area contributed by atoms with Crippen molar-refractivity contribution in [2.24, 2.45) is 5.41 Å². The third kappa shape index (κ3) is 4.06. The van der Waals surface area contributed by atoms with Gasteiger partial charge in [0.1, 0.15) is 5.41 Å². The minimum Gasteiger partial charge on any atom is -0.480 e. The van der Waals surface area contributed by atoms with Gasteiger partial charge in [-0.2, -0.15) is 0 Å². The normalized spacial score (nSPS) is 11.2. The lowest BCUT2D eigenvalue weighted by Crippen LogP contribution is -2.44. The highest BCUT2D eigenvalue weighted by atomic mass is 79.9. The lowest BCUT2D eigenvalue weighted by Gasteiger charge is -2.26. The molecule has 5 heteroatoms. The van der Waals surface area contributed by atoms with Gasteiger partial charge in [-0.1, -0.05) is 28.1 Å². The zero-order chi connectivity index (χ0) is 14.6. The molecule has 4 nitrogen and oxygen atoms in total. The van der Waals surface area contributed by atoms with Crippen LogP contribution >= 0.6 is 15.9 Å². The van der Waals surface area contributed by atoms with Crippen LogP contribution in [-0.2, 0) is 16.0 Å². The molecule has 0 aliphatic rings. The van der Waals surface area contributed by atoms with Crippen LogP contribution in [0, 0.1) is 5.41 Å². The molecule has 0 spiro atoms. The molecule has 1 amide bonds. The molecule has 0 aliphatic heterocycles. The highest BCUT2D eigenvalue weighted by Crippen LogP contribution is 2.19. The average molecular weight is 328 g/mol. The maximum atomic E-state index is 12.0. The Balaban J connectivity index is 2.63. The third-order valence-corrected chi connectivity index (χ3v) is 3.53. The Kier molecular flexibility index (Phi) is 5.11. The van der Waals surface area contributed by atoms with Gasteiger partial charge in [0.15, 0.2) is 0 Å². The molecule has 1 N–H and O–H groups in total. The van der Waals surface area contributed by atoms with E-state index in [2.05, 4.69) is 15.9 Å². The number of hydrogen-bond donors (Lipinski definition) is 1. The molecule has 1 aromatic carbocycles. The first kappa shape index (κ1) is 15.7. The minimum atomic E-state index is -1.38. The number of likely N-dealkylation sites (N-methyl/N-ethyl adjacent to an activating group) is 1. The number of aliphatic carboxylic acids is 1. The van der Waals surface area contributed by atoms with Gasteiger partial charge < -0.3 is 10.0 Å². The SMILES string of the molecule is CN(CCc1cccc(Br)c1)C(=O)C(C)(C)C(=O)O. The van der Waals surface area contributed by atoms with Gasteiger partial charge in [-0.15, -0.1) is 0 Å². The van der Waals surface area contributed by atoms with E-state index in [-0.39, 0.29) is 5.91 Å². The summed E-state index contributed by atoms with van der Waals surface area (Å²) in [5.74, 6) is -1.48.